The second kappa shape index (κ2) is 39.4. The second-order valence-electron chi connectivity index (χ2n) is 18.5. The largest absolute Gasteiger partial charge is 0.481 e. The number of nitrogens with one attached hydrogen (secondary N) is 10. The Hall–Kier alpha value is -6.04. The normalized spacial score (nSPS) is 15.6. The summed E-state index contributed by atoms with van der Waals surface area (Å²) in [6.45, 7) is 2.86. The van der Waals surface area contributed by atoms with E-state index in [-0.39, 0.29) is 48.9 Å². The maximum atomic E-state index is 14.1. The minimum absolute atomic E-state index is 0.0597. The predicted octanol–water partition coefficient (Wildman–Crippen LogP) is -7.33. The Morgan fingerprint density at radius 3 is 1.07 bits per heavy atom. The van der Waals surface area contributed by atoms with Crippen LogP contribution in [-0.2, 0) is 62.3 Å². The summed E-state index contributed by atoms with van der Waals surface area (Å²) >= 11 is 3.75. The molecule has 0 radical (unpaired) electrons. The number of hydrogen-bond acceptors (Lipinski definition) is 21. The van der Waals surface area contributed by atoms with Gasteiger partial charge in [0.1, 0.15) is 60.4 Å². The first-order valence-corrected chi connectivity index (χ1v) is 29.2. The highest BCUT2D eigenvalue weighted by molar-refractivity contribution is 7.98. The van der Waals surface area contributed by atoms with E-state index in [1.54, 1.807) is 32.6 Å². The van der Waals surface area contributed by atoms with Crippen molar-refractivity contribution in [3.63, 3.8) is 0 Å². The summed E-state index contributed by atoms with van der Waals surface area (Å²) in [5.74, 6) is -14.4. The zero-order chi connectivity index (χ0) is 61.4. The van der Waals surface area contributed by atoms with Crippen LogP contribution in [0.5, 0.6) is 0 Å². The van der Waals surface area contributed by atoms with Gasteiger partial charge in [0, 0.05) is 6.42 Å². The van der Waals surface area contributed by atoms with Crippen LogP contribution in [0.3, 0.4) is 0 Å². The van der Waals surface area contributed by atoms with Crippen LogP contribution in [0.1, 0.15) is 72.6 Å². The molecule has 456 valence electrons. The molecule has 34 heteroatoms. The molecule has 80 heavy (non-hydrogen) atoms. The van der Waals surface area contributed by atoms with Gasteiger partial charge in [0.25, 0.3) is 0 Å². The molecule has 0 aromatic carbocycles. The van der Waals surface area contributed by atoms with E-state index in [0.717, 1.165) is 6.92 Å². The summed E-state index contributed by atoms with van der Waals surface area (Å²) < 4.78 is 0. The highest BCUT2D eigenvalue weighted by atomic mass is 32.2. The maximum absolute atomic E-state index is 14.1. The Kier molecular flexibility index (Phi) is 36.4. The van der Waals surface area contributed by atoms with Gasteiger partial charge in [-0.2, -0.15) is 35.3 Å². The van der Waals surface area contributed by atoms with Crippen molar-refractivity contribution in [2.75, 3.05) is 55.8 Å². The van der Waals surface area contributed by atoms with Crippen LogP contribution in [0, 0.1) is 5.92 Å². The molecule has 20 N–H and O–H groups in total. The number of aliphatic hydroxyl groups excluding tert-OH is 4. The molecule has 11 amide bonds. The lowest BCUT2D eigenvalue weighted by atomic mass is 10.0. The summed E-state index contributed by atoms with van der Waals surface area (Å²) in [7, 11) is 0. The van der Waals surface area contributed by atoms with Crippen molar-refractivity contribution in [1.29, 1.82) is 0 Å². The zero-order valence-electron chi connectivity index (χ0n) is 45.6. The molecule has 0 fully saturated rings. The molecule has 0 rings (SSSR count). The number of carbonyl (C=O) groups is 13. The number of hydrogen-bond donors (Lipinski definition) is 18. The van der Waals surface area contributed by atoms with E-state index < -0.39 is 189 Å². The van der Waals surface area contributed by atoms with Crippen molar-refractivity contribution in [2.45, 2.75) is 145 Å². The van der Waals surface area contributed by atoms with Gasteiger partial charge in [-0.3, -0.25) is 57.5 Å². The van der Waals surface area contributed by atoms with Gasteiger partial charge in [0.05, 0.1) is 38.4 Å². The van der Waals surface area contributed by atoms with E-state index in [2.05, 4.69) is 47.9 Å². The van der Waals surface area contributed by atoms with Crippen molar-refractivity contribution in [1.82, 2.24) is 53.2 Å². The zero-order valence-corrected chi connectivity index (χ0v) is 48.0. The SMILES string of the molecule is CSCC[C@H](NC(=O)[C@H](CC(C)C)NC(=O)[C@H](CCC(=O)O)NC(=O)[C@H](CCSC)NC(=O)[C@H](CC(N)=O)NC(=O)[C@@H](NC(=O)[C@H](CCSC)NC(=O)[C@H](CO)NC(=O)[C@H](C)N)[C@@H](C)O)C(=O)N[C@@H](CO)C(=O)N[C@@H](CO)C(=O)O. The first kappa shape index (κ1) is 74.0. The molecule has 0 bridgehead atoms. The number of aliphatic hydroxyl groups is 4. The van der Waals surface area contributed by atoms with Gasteiger partial charge in [-0.05, 0) is 87.9 Å². The fourth-order valence-electron chi connectivity index (χ4n) is 6.87. The second-order valence-corrected chi connectivity index (χ2v) is 21.5. The van der Waals surface area contributed by atoms with E-state index >= 15 is 0 Å². The minimum Gasteiger partial charge on any atom is -0.481 e. The van der Waals surface area contributed by atoms with Crippen molar-refractivity contribution in [3.05, 3.63) is 0 Å². The van der Waals surface area contributed by atoms with Gasteiger partial charge < -0.3 is 95.3 Å². The third-order valence-corrected chi connectivity index (χ3v) is 13.2. The standard InChI is InChI=1S/C46H80N12O19S3/c1-21(2)16-28(41(71)50-26(11-14-79-6)39(69)56-31(19-60)44(74)57-32(20-61)46(76)77)53-37(67)24(8-9-34(64)65)49-38(68)25(10-13-78-5)51-42(72)29(17-33(48)63)54-45(75)35(23(4)62)58-40(70)27(12-15-80-7)52-43(73)30(18-59)55-36(66)22(3)47/h21-32,35,59-62H,8-20,47H2,1-7H3,(H2,48,63)(H,49,68)(H,50,71)(H,51,72)(H,52,73)(H,53,67)(H,54,75)(H,55,66)(H,56,69)(H,57,74)(H,58,70)(H,64,65)(H,76,77)/t22-,23+,24-,25-,26-,27-,28-,29-,30-,31-,32-,35-/m0/s1. The van der Waals surface area contributed by atoms with Gasteiger partial charge in [0.15, 0.2) is 0 Å². The number of carbonyl (C=O) groups excluding carboxylic acids is 11. The molecule has 31 nitrogen and oxygen atoms in total. The number of nitrogens with two attached hydrogens (primary N) is 2. The Morgan fingerprint density at radius 1 is 0.425 bits per heavy atom. The van der Waals surface area contributed by atoms with Crippen molar-refractivity contribution >= 4 is 112 Å². The fraction of sp³-hybridized carbons (Fsp3) is 0.717. The molecule has 0 spiro atoms. The average Bonchev–Trinajstić information content (AvgIpc) is 3.38. The van der Waals surface area contributed by atoms with Gasteiger partial charge in [0.2, 0.25) is 65.0 Å². The smallest absolute Gasteiger partial charge is 0.328 e. The van der Waals surface area contributed by atoms with Crippen LogP contribution in [0.4, 0.5) is 0 Å². The van der Waals surface area contributed by atoms with Gasteiger partial charge in [-0.15, -0.1) is 0 Å². The quantitative estimate of drug-likeness (QED) is 0.0270. The first-order chi connectivity index (χ1) is 37.5. The highest BCUT2D eigenvalue weighted by Gasteiger charge is 2.37. The maximum Gasteiger partial charge on any atom is 0.328 e. The summed E-state index contributed by atoms with van der Waals surface area (Å²) in [5, 5.41) is 81.4. The number of primary amides is 1. The number of aliphatic carboxylic acids is 2. The van der Waals surface area contributed by atoms with Crippen LogP contribution in [-0.4, -0.2) is 236 Å². The van der Waals surface area contributed by atoms with Crippen molar-refractivity contribution in [2.24, 2.45) is 17.4 Å². The van der Waals surface area contributed by atoms with E-state index in [0.29, 0.717) is 0 Å². The monoisotopic (exact) mass is 1200 g/mol. The minimum atomic E-state index is -1.89. The average molecular weight is 1200 g/mol. The number of carboxylic acids is 2. The first-order valence-electron chi connectivity index (χ1n) is 25.0. The Bertz CT molecular complexity index is 2110. The third-order valence-electron chi connectivity index (χ3n) is 11.3. The lowest BCUT2D eigenvalue weighted by molar-refractivity contribution is -0.143. The number of thioether (sulfide) groups is 3. The number of rotatable bonds is 41. The number of amides is 11. The Labute approximate surface area is 475 Å². The van der Waals surface area contributed by atoms with Crippen LogP contribution in [0.2, 0.25) is 0 Å². The van der Waals surface area contributed by atoms with E-state index in [1.807, 2.05) is 5.32 Å². The molecule has 0 aromatic heterocycles. The molecule has 0 unspecified atom stereocenters. The molecular weight excluding hydrogens is 1120 g/mol. The summed E-state index contributed by atoms with van der Waals surface area (Å²) in [4.78, 5) is 170. The van der Waals surface area contributed by atoms with Crippen molar-refractivity contribution in [3.8, 4) is 0 Å². The summed E-state index contributed by atoms with van der Waals surface area (Å²) in [5.41, 5.74) is 11.0. The molecule has 0 saturated carbocycles. The summed E-state index contributed by atoms with van der Waals surface area (Å²) in [6, 6.07) is -17.5. The van der Waals surface area contributed by atoms with E-state index in [4.69, 9.17) is 11.5 Å². The lowest BCUT2D eigenvalue weighted by Gasteiger charge is -2.29. The van der Waals surface area contributed by atoms with Gasteiger partial charge in [-0.1, -0.05) is 13.8 Å². The van der Waals surface area contributed by atoms with Crippen molar-refractivity contribution < 1.29 is 93.0 Å². The predicted molar refractivity (Wildman–Crippen MR) is 293 cm³/mol. The van der Waals surface area contributed by atoms with Gasteiger partial charge in [-0.25, -0.2) is 4.79 Å². The van der Waals surface area contributed by atoms with Crippen LogP contribution < -0.4 is 64.6 Å². The summed E-state index contributed by atoms with van der Waals surface area (Å²) in [6.07, 6.45) is 0.730. The highest BCUT2D eigenvalue weighted by Crippen LogP contribution is 2.12. The molecule has 0 aliphatic carbocycles. The molecule has 12 atom stereocenters. The number of carboxylic acid groups (broad SMARTS) is 2. The van der Waals surface area contributed by atoms with E-state index in [9.17, 15) is 93.0 Å². The Balaban J connectivity index is 6.74. The Morgan fingerprint density at radius 2 is 0.738 bits per heavy atom. The van der Waals surface area contributed by atoms with E-state index in [1.165, 1.54) is 42.2 Å². The van der Waals surface area contributed by atoms with Crippen LogP contribution >= 0.6 is 35.3 Å². The molecular formula is C46H80N12O19S3. The topological polar surface area (TPSA) is 516 Å². The van der Waals surface area contributed by atoms with Crippen LogP contribution in [0.25, 0.3) is 0 Å². The lowest BCUT2D eigenvalue weighted by Crippen LogP contribution is -2.62. The van der Waals surface area contributed by atoms with Crippen LogP contribution in [0.15, 0.2) is 0 Å². The third kappa shape index (κ3) is 28.4. The molecule has 0 aliphatic heterocycles. The fourth-order valence-corrected chi connectivity index (χ4v) is 8.28. The molecule has 0 aliphatic rings. The molecule has 0 aromatic rings. The molecule has 0 saturated heterocycles. The molecule has 0 heterocycles. The van der Waals surface area contributed by atoms with Gasteiger partial charge >= 0.3 is 11.9 Å².